The van der Waals surface area contributed by atoms with Crippen molar-refractivity contribution in [2.75, 3.05) is 0 Å². The monoisotopic (exact) mass is 375 g/mol. The average molecular weight is 376 g/mol. The van der Waals surface area contributed by atoms with Crippen LogP contribution < -0.4 is 0 Å². The Bertz CT molecular complexity index is 568. The van der Waals surface area contributed by atoms with Gasteiger partial charge in [-0.3, -0.25) is 0 Å². The van der Waals surface area contributed by atoms with Crippen molar-refractivity contribution in [1.82, 2.24) is 9.55 Å². The largest absolute Gasteiger partial charge is 0.330 e. The molecule has 2 rings (SSSR count). The third-order valence-corrected chi connectivity index (χ3v) is 3.80. The Morgan fingerprint density at radius 1 is 1.67 bits per heavy atom. The van der Waals surface area contributed by atoms with Crippen LogP contribution >= 0.6 is 38.5 Å². The maximum atomic E-state index is 9.09. The highest BCUT2D eigenvalue weighted by atomic mass is 127. The molecule has 0 aromatic carbocycles. The molecule has 0 aliphatic carbocycles. The molecule has 0 aliphatic rings. The Kier molecular flexibility index (Phi) is 2.98. The van der Waals surface area contributed by atoms with Gasteiger partial charge in [-0.05, 0) is 51.5 Å². The summed E-state index contributed by atoms with van der Waals surface area (Å²) in [5, 5.41) is 10.2. The molecule has 5 heteroatoms. The number of pyridine rings is 1. The number of aromatic nitrogens is 2. The summed E-state index contributed by atoms with van der Waals surface area (Å²) < 4.78 is 3.78. The Morgan fingerprint density at radius 2 is 2.40 bits per heavy atom. The zero-order valence-electron chi connectivity index (χ0n) is 7.96. The minimum atomic E-state index is 0.716. The van der Waals surface area contributed by atoms with Crippen LogP contribution in [0.2, 0.25) is 0 Å². The van der Waals surface area contributed by atoms with Crippen molar-refractivity contribution >= 4 is 49.4 Å². The molecular formula is C10H7BrIN3. The quantitative estimate of drug-likeness (QED) is 0.566. The maximum absolute atomic E-state index is 9.09. The molecule has 2 aromatic rings. The smallest absolute Gasteiger partial charge is 0.134 e. The molecule has 2 heterocycles. The van der Waals surface area contributed by atoms with Gasteiger partial charge in [0.05, 0.1) is 15.3 Å². The van der Waals surface area contributed by atoms with Gasteiger partial charge in [-0.2, -0.15) is 5.26 Å². The van der Waals surface area contributed by atoms with Gasteiger partial charge in [0.15, 0.2) is 0 Å². The van der Waals surface area contributed by atoms with Crippen molar-refractivity contribution in [3.05, 3.63) is 26.1 Å². The van der Waals surface area contributed by atoms with Crippen LogP contribution in [0.25, 0.3) is 10.9 Å². The predicted octanol–water partition coefficient (Wildman–Crippen LogP) is 3.29. The molecule has 0 bridgehead atoms. The van der Waals surface area contributed by atoms with Gasteiger partial charge in [0.2, 0.25) is 0 Å². The van der Waals surface area contributed by atoms with Gasteiger partial charge in [-0.25, -0.2) is 4.98 Å². The summed E-state index contributed by atoms with van der Waals surface area (Å²) in [6.45, 7) is 2.81. The van der Waals surface area contributed by atoms with Crippen molar-refractivity contribution in [2.24, 2.45) is 0 Å². The topological polar surface area (TPSA) is 41.6 Å². The highest BCUT2D eigenvalue weighted by Gasteiger charge is 2.14. The molecule has 0 N–H and O–H groups in total. The molecule has 0 amide bonds. The second-order valence-electron chi connectivity index (χ2n) is 3.04. The van der Waals surface area contributed by atoms with Gasteiger partial charge in [-0.1, -0.05) is 0 Å². The van der Waals surface area contributed by atoms with Gasteiger partial charge < -0.3 is 4.57 Å². The number of fused-ring (bicyclic) bond motifs is 1. The van der Waals surface area contributed by atoms with Crippen LogP contribution in [-0.2, 0) is 6.54 Å². The van der Waals surface area contributed by atoms with Crippen LogP contribution in [0.3, 0.4) is 0 Å². The van der Waals surface area contributed by atoms with Crippen LogP contribution in [0.1, 0.15) is 12.6 Å². The number of rotatable bonds is 1. The van der Waals surface area contributed by atoms with E-state index in [4.69, 9.17) is 5.26 Å². The highest BCUT2D eigenvalue weighted by molar-refractivity contribution is 14.1. The van der Waals surface area contributed by atoms with Crippen LogP contribution in [0.5, 0.6) is 0 Å². The fourth-order valence-corrected chi connectivity index (χ4v) is 2.79. The minimum absolute atomic E-state index is 0.716. The molecule has 15 heavy (non-hydrogen) atoms. The van der Waals surface area contributed by atoms with Crippen molar-refractivity contribution in [3.8, 4) is 6.07 Å². The Morgan fingerprint density at radius 3 is 3.00 bits per heavy atom. The predicted molar refractivity (Wildman–Crippen MR) is 70.5 cm³/mol. The van der Waals surface area contributed by atoms with Gasteiger partial charge in [0.25, 0.3) is 0 Å². The summed E-state index contributed by atoms with van der Waals surface area (Å²) in [5.41, 5.74) is 1.73. The Labute approximate surface area is 109 Å². The van der Waals surface area contributed by atoms with E-state index < -0.39 is 0 Å². The standard InChI is InChI=1S/C10H7BrIN3/c1-2-15-7(4-13)10(12)6-3-9(11)14-5-8(6)15/h3,5H,2H2,1H3. The van der Waals surface area contributed by atoms with Crippen molar-refractivity contribution < 1.29 is 0 Å². The summed E-state index contributed by atoms with van der Waals surface area (Å²) in [6.07, 6.45) is 1.80. The van der Waals surface area contributed by atoms with Gasteiger partial charge in [0.1, 0.15) is 16.4 Å². The van der Waals surface area contributed by atoms with E-state index in [1.165, 1.54) is 0 Å². The van der Waals surface area contributed by atoms with E-state index >= 15 is 0 Å². The van der Waals surface area contributed by atoms with E-state index in [1.807, 2.05) is 17.6 Å². The first-order chi connectivity index (χ1) is 7.19. The summed E-state index contributed by atoms with van der Waals surface area (Å²) in [5.74, 6) is 0. The van der Waals surface area contributed by atoms with E-state index in [2.05, 4.69) is 49.6 Å². The third-order valence-electron chi connectivity index (χ3n) is 2.28. The first kappa shape index (κ1) is 10.9. The Hall–Kier alpha value is -0.610. The molecule has 0 saturated carbocycles. The molecule has 0 radical (unpaired) electrons. The molecule has 0 atom stereocenters. The number of halogens is 2. The van der Waals surface area contributed by atoms with Crippen LogP contribution in [0.15, 0.2) is 16.9 Å². The highest BCUT2D eigenvalue weighted by Crippen LogP contribution is 2.28. The first-order valence-electron chi connectivity index (χ1n) is 4.42. The van der Waals surface area contributed by atoms with Crippen LogP contribution in [0, 0.1) is 14.9 Å². The molecule has 76 valence electrons. The molecule has 0 spiro atoms. The van der Waals surface area contributed by atoms with Crippen LogP contribution in [-0.4, -0.2) is 9.55 Å². The molecule has 2 aromatic heterocycles. The number of nitrogens with zero attached hydrogens (tertiary/aromatic N) is 3. The number of nitriles is 1. The van der Waals surface area contributed by atoms with Crippen LogP contribution in [0.4, 0.5) is 0 Å². The van der Waals surface area contributed by atoms with Gasteiger partial charge in [-0.15, -0.1) is 0 Å². The summed E-state index contributed by atoms with van der Waals surface area (Å²) >= 11 is 5.55. The third kappa shape index (κ3) is 1.66. The lowest BCUT2D eigenvalue weighted by molar-refractivity contribution is 0.782. The molecule has 0 unspecified atom stereocenters. The lowest BCUT2D eigenvalue weighted by Crippen LogP contribution is -1.97. The molecule has 3 nitrogen and oxygen atoms in total. The van der Waals surface area contributed by atoms with E-state index in [0.717, 1.165) is 25.6 Å². The lowest BCUT2D eigenvalue weighted by atomic mass is 10.3. The first-order valence-corrected chi connectivity index (χ1v) is 6.29. The average Bonchev–Trinajstić information content (AvgIpc) is 2.51. The maximum Gasteiger partial charge on any atom is 0.134 e. The van der Waals surface area contributed by atoms with Gasteiger partial charge >= 0.3 is 0 Å². The fourth-order valence-electron chi connectivity index (χ4n) is 1.62. The van der Waals surface area contributed by atoms with E-state index in [9.17, 15) is 0 Å². The fraction of sp³-hybridized carbons (Fsp3) is 0.200. The SMILES string of the molecule is CCn1c(C#N)c(I)c2cc(Br)ncc21. The summed E-state index contributed by atoms with van der Waals surface area (Å²) in [4.78, 5) is 4.19. The zero-order chi connectivity index (χ0) is 11.0. The second-order valence-corrected chi connectivity index (χ2v) is 4.93. The normalized spacial score (nSPS) is 10.5. The molecule has 0 fully saturated rings. The van der Waals surface area contributed by atoms with Gasteiger partial charge in [0, 0.05) is 11.9 Å². The molecular weight excluding hydrogens is 369 g/mol. The number of aryl methyl sites for hydroxylation is 1. The van der Waals surface area contributed by atoms with E-state index in [0.29, 0.717) is 5.69 Å². The Balaban J connectivity index is 2.92. The van der Waals surface area contributed by atoms with E-state index in [1.54, 1.807) is 6.20 Å². The van der Waals surface area contributed by atoms with Crippen molar-refractivity contribution in [3.63, 3.8) is 0 Å². The molecule has 0 aliphatic heterocycles. The number of hydrogen-bond donors (Lipinski definition) is 0. The number of hydrogen-bond acceptors (Lipinski definition) is 2. The second kappa shape index (κ2) is 4.10. The summed E-state index contributed by atoms with van der Waals surface area (Å²) in [6, 6.07) is 4.18. The summed E-state index contributed by atoms with van der Waals surface area (Å²) in [7, 11) is 0. The van der Waals surface area contributed by atoms with Crippen molar-refractivity contribution in [2.45, 2.75) is 13.5 Å². The van der Waals surface area contributed by atoms with Crippen molar-refractivity contribution in [1.29, 1.82) is 5.26 Å². The molecule has 0 saturated heterocycles. The zero-order valence-corrected chi connectivity index (χ0v) is 11.7. The minimum Gasteiger partial charge on any atom is -0.330 e. The van der Waals surface area contributed by atoms with E-state index in [-0.39, 0.29) is 0 Å². The lowest BCUT2D eigenvalue weighted by Gasteiger charge is -2.00.